The molecule has 2 rings (SSSR count). The number of likely N-dealkylation sites (tertiary alicyclic amines) is 1. The van der Waals surface area contributed by atoms with Crippen LogP contribution in [0.1, 0.15) is 59.4 Å². The summed E-state index contributed by atoms with van der Waals surface area (Å²) in [5, 5.41) is 4.22. The van der Waals surface area contributed by atoms with Gasteiger partial charge in [0.05, 0.1) is 5.71 Å². The van der Waals surface area contributed by atoms with Crippen molar-refractivity contribution in [3.05, 3.63) is 30.1 Å². The topological polar surface area (TPSA) is 54.8 Å². The SMILES string of the molecule is CC.CC(C)CC(C)C(=O)N1CCC(=NOCc2ccncc2)CC1. The molecular weight excluding hydrogens is 314 g/mol. The van der Waals surface area contributed by atoms with Crippen molar-refractivity contribution >= 4 is 11.6 Å². The fraction of sp³-hybridized carbons (Fsp3) is 0.650. The molecule has 25 heavy (non-hydrogen) atoms. The number of piperidine rings is 1. The first-order valence-corrected chi connectivity index (χ1v) is 9.41. The second-order valence-electron chi connectivity index (χ2n) is 6.64. The number of nitrogens with zero attached hydrogens (tertiary/aromatic N) is 3. The Morgan fingerprint density at radius 2 is 1.80 bits per heavy atom. The van der Waals surface area contributed by atoms with Crippen molar-refractivity contribution in [3.63, 3.8) is 0 Å². The van der Waals surface area contributed by atoms with Gasteiger partial charge in [-0.05, 0) is 30.0 Å². The van der Waals surface area contributed by atoms with Gasteiger partial charge in [0.15, 0.2) is 0 Å². The standard InChI is InChI=1S/C18H27N3O2.C2H6/c1-14(2)12-15(3)18(22)21-10-6-17(7-11-21)20-23-13-16-4-8-19-9-5-16;1-2/h4-5,8-9,14-15H,6-7,10-13H2,1-3H3;1-2H3. The van der Waals surface area contributed by atoms with Crippen LogP contribution >= 0.6 is 0 Å². The smallest absolute Gasteiger partial charge is 0.225 e. The molecule has 1 unspecified atom stereocenters. The number of carbonyl (C=O) groups is 1. The van der Waals surface area contributed by atoms with Gasteiger partial charge in [-0.15, -0.1) is 0 Å². The molecule has 140 valence electrons. The van der Waals surface area contributed by atoms with Gasteiger partial charge in [-0.3, -0.25) is 9.78 Å². The van der Waals surface area contributed by atoms with Crippen molar-refractivity contribution in [2.45, 2.75) is 60.5 Å². The van der Waals surface area contributed by atoms with Gasteiger partial charge in [-0.25, -0.2) is 0 Å². The Kier molecular flexibility index (Phi) is 9.81. The Morgan fingerprint density at radius 1 is 1.20 bits per heavy atom. The average Bonchev–Trinajstić information content (AvgIpc) is 2.64. The lowest BCUT2D eigenvalue weighted by Crippen LogP contribution is -2.41. The Morgan fingerprint density at radius 3 is 2.36 bits per heavy atom. The molecule has 2 heterocycles. The van der Waals surface area contributed by atoms with Crippen molar-refractivity contribution < 1.29 is 9.63 Å². The number of aromatic nitrogens is 1. The van der Waals surface area contributed by atoms with E-state index >= 15 is 0 Å². The highest BCUT2D eigenvalue weighted by Gasteiger charge is 2.24. The maximum Gasteiger partial charge on any atom is 0.225 e. The third-order valence-electron chi connectivity index (χ3n) is 4.07. The van der Waals surface area contributed by atoms with E-state index in [2.05, 4.69) is 24.0 Å². The number of hydrogen-bond acceptors (Lipinski definition) is 4. The van der Waals surface area contributed by atoms with Crippen LogP contribution in [0.3, 0.4) is 0 Å². The number of oxime groups is 1. The van der Waals surface area contributed by atoms with E-state index in [0.717, 1.165) is 43.6 Å². The number of carbonyl (C=O) groups excluding carboxylic acids is 1. The summed E-state index contributed by atoms with van der Waals surface area (Å²) in [4.78, 5) is 23.7. The largest absolute Gasteiger partial charge is 0.391 e. The van der Waals surface area contributed by atoms with Crippen molar-refractivity contribution in [2.75, 3.05) is 13.1 Å². The fourth-order valence-corrected chi connectivity index (χ4v) is 2.87. The second kappa shape index (κ2) is 11.6. The lowest BCUT2D eigenvalue weighted by molar-refractivity contribution is -0.135. The van der Waals surface area contributed by atoms with E-state index in [1.54, 1.807) is 12.4 Å². The molecule has 0 radical (unpaired) electrons. The molecule has 1 amide bonds. The van der Waals surface area contributed by atoms with Crippen LogP contribution < -0.4 is 0 Å². The van der Waals surface area contributed by atoms with Gasteiger partial charge in [-0.2, -0.15) is 0 Å². The Hall–Kier alpha value is -1.91. The van der Waals surface area contributed by atoms with E-state index in [1.165, 1.54) is 0 Å². The molecule has 5 heteroatoms. The zero-order valence-electron chi connectivity index (χ0n) is 16.4. The summed E-state index contributed by atoms with van der Waals surface area (Å²) in [5.74, 6) is 0.935. The molecule has 1 aromatic heterocycles. The molecule has 5 nitrogen and oxygen atoms in total. The normalized spacial score (nSPS) is 15.3. The minimum absolute atomic E-state index is 0.108. The summed E-state index contributed by atoms with van der Waals surface area (Å²) < 4.78 is 0. The van der Waals surface area contributed by atoms with Crippen LogP contribution in [0.5, 0.6) is 0 Å². The van der Waals surface area contributed by atoms with Gasteiger partial charge in [0.1, 0.15) is 6.61 Å². The van der Waals surface area contributed by atoms with Crippen LogP contribution in [0.25, 0.3) is 0 Å². The van der Waals surface area contributed by atoms with Crippen LogP contribution in [-0.2, 0) is 16.2 Å². The monoisotopic (exact) mass is 347 g/mol. The molecule has 1 saturated heterocycles. The van der Waals surface area contributed by atoms with Crippen molar-refractivity contribution in [1.82, 2.24) is 9.88 Å². The Bertz CT molecular complexity index is 519. The molecule has 0 N–H and O–H groups in total. The van der Waals surface area contributed by atoms with Gasteiger partial charge in [-0.1, -0.05) is 39.8 Å². The van der Waals surface area contributed by atoms with E-state index < -0.39 is 0 Å². The lowest BCUT2D eigenvalue weighted by Gasteiger charge is -2.30. The predicted molar refractivity (Wildman–Crippen MR) is 102 cm³/mol. The molecule has 0 spiro atoms. The molecule has 0 bridgehead atoms. The maximum absolute atomic E-state index is 12.4. The molecule has 1 aliphatic rings. The number of hydrogen-bond donors (Lipinski definition) is 0. The summed E-state index contributed by atoms with van der Waals surface area (Å²) in [6.07, 6.45) is 6.04. The van der Waals surface area contributed by atoms with Crippen LogP contribution in [0.4, 0.5) is 0 Å². The van der Waals surface area contributed by atoms with E-state index in [4.69, 9.17) is 4.84 Å². The highest BCUT2D eigenvalue weighted by Crippen LogP contribution is 2.17. The van der Waals surface area contributed by atoms with E-state index in [-0.39, 0.29) is 11.8 Å². The summed E-state index contributed by atoms with van der Waals surface area (Å²) in [5.41, 5.74) is 2.10. The average molecular weight is 348 g/mol. The van der Waals surface area contributed by atoms with Crippen molar-refractivity contribution in [1.29, 1.82) is 0 Å². The molecule has 0 aliphatic carbocycles. The number of rotatable bonds is 6. The summed E-state index contributed by atoms with van der Waals surface area (Å²) in [6, 6.07) is 3.83. The third kappa shape index (κ3) is 7.67. The Labute approximate surface area is 152 Å². The molecule has 0 aromatic carbocycles. The number of pyridine rings is 1. The van der Waals surface area contributed by atoms with Crippen LogP contribution in [0, 0.1) is 11.8 Å². The minimum Gasteiger partial charge on any atom is -0.391 e. The predicted octanol–water partition coefficient (Wildman–Crippen LogP) is 4.29. The third-order valence-corrected chi connectivity index (χ3v) is 4.07. The van der Waals surface area contributed by atoms with Crippen LogP contribution in [0.15, 0.2) is 29.7 Å². The van der Waals surface area contributed by atoms with Crippen LogP contribution in [-0.4, -0.2) is 34.6 Å². The molecule has 1 fully saturated rings. The van der Waals surface area contributed by atoms with Crippen LogP contribution in [0.2, 0.25) is 0 Å². The fourth-order valence-electron chi connectivity index (χ4n) is 2.87. The van der Waals surface area contributed by atoms with Gasteiger partial charge < -0.3 is 9.74 Å². The van der Waals surface area contributed by atoms with Gasteiger partial charge in [0, 0.05) is 44.2 Å². The molecule has 1 atom stereocenters. The van der Waals surface area contributed by atoms with E-state index in [1.807, 2.05) is 37.8 Å². The minimum atomic E-state index is 0.108. The molecular formula is C20H33N3O2. The Balaban J connectivity index is 0.00000151. The van der Waals surface area contributed by atoms with E-state index in [9.17, 15) is 4.79 Å². The number of amides is 1. The quantitative estimate of drug-likeness (QED) is 0.722. The summed E-state index contributed by atoms with van der Waals surface area (Å²) >= 11 is 0. The first kappa shape index (κ1) is 21.1. The zero-order chi connectivity index (χ0) is 18.7. The maximum atomic E-state index is 12.4. The van der Waals surface area contributed by atoms with E-state index in [0.29, 0.717) is 12.5 Å². The molecule has 1 aromatic rings. The first-order valence-electron chi connectivity index (χ1n) is 9.41. The van der Waals surface area contributed by atoms with Gasteiger partial charge in [0.25, 0.3) is 0 Å². The summed E-state index contributed by atoms with van der Waals surface area (Å²) in [7, 11) is 0. The van der Waals surface area contributed by atoms with Crippen molar-refractivity contribution in [2.24, 2.45) is 17.0 Å². The highest BCUT2D eigenvalue weighted by molar-refractivity contribution is 5.87. The lowest BCUT2D eigenvalue weighted by atomic mass is 9.96. The molecule has 1 aliphatic heterocycles. The zero-order valence-corrected chi connectivity index (χ0v) is 16.4. The molecule has 0 saturated carbocycles. The highest BCUT2D eigenvalue weighted by atomic mass is 16.6. The second-order valence-corrected chi connectivity index (χ2v) is 6.64. The van der Waals surface area contributed by atoms with Gasteiger partial charge in [0.2, 0.25) is 5.91 Å². The van der Waals surface area contributed by atoms with Crippen molar-refractivity contribution in [3.8, 4) is 0 Å². The van der Waals surface area contributed by atoms with Gasteiger partial charge >= 0.3 is 0 Å². The first-order chi connectivity index (χ1) is 12.1. The summed E-state index contributed by atoms with van der Waals surface area (Å²) in [6.45, 7) is 12.3.